The molecule has 0 atom stereocenters. The number of nitrogens with zero attached hydrogens (tertiary/aromatic N) is 4. The van der Waals surface area contributed by atoms with Crippen LogP contribution in [0.25, 0.3) is 61.0 Å². The summed E-state index contributed by atoms with van der Waals surface area (Å²) in [5.74, 6) is 2.71. The lowest BCUT2D eigenvalue weighted by atomic mass is 9.33. The summed E-state index contributed by atoms with van der Waals surface area (Å²) in [6.45, 7) is -0.0741. The Labute approximate surface area is 433 Å². The van der Waals surface area contributed by atoms with Crippen molar-refractivity contribution in [3.05, 3.63) is 236 Å². The largest absolute Gasteiger partial charge is 0.311 e. The second kappa shape index (κ2) is 16.3. The van der Waals surface area contributed by atoms with Crippen molar-refractivity contribution in [2.75, 3.05) is 9.80 Å². The van der Waals surface area contributed by atoms with Gasteiger partial charge < -0.3 is 14.4 Å². The smallest absolute Gasteiger partial charge is 0.252 e. The van der Waals surface area contributed by atoms with Gasteiger partial charge >= 0.3 is 0 Å². The molecular formula is C69H53BN4. The van der Waals surface area contributed by atoms with Gasteiger partial charge in [-0.05, 0) is 191 Å². The molecule has 0 amide bonds. The fraction of sp³-hybridized carbons (Fsp3) is 0.145. The molecule has 4 heterocycles. The highest BCUT2D eigenvalue weighted by molar-refractivity contribution is 7.00. The Balaban J connectivity index is 0.940. The number of rotatable bonds is 7. The topological polar surface area (TPSA) is 24.3 Å². The number of pyridine rings is 1. The predicted molar refractivity (Wildman–Crippen MR) is 309 cm³/mol. The van der Waals surface area contributed by atoms with Crippen LogP contribution in [0.2, 0.25) is 0 Å². The van der Waals surface area contributed by atoms with E-state index in [1.807, 2.05) is 12.3 Å². The minimum atomic E-state index is -0.0741. The highest BCUT2D eigenvalue weighted by Crippen LogP contribution is 2.61. The molecule has 11 aromatic rings. The molecule has 0 N–H and O–H groups in total. The van der Waals surface area contributed by atoms with Crippen molar-refractivity contribution in [1.82, 2.24) is 9.55 Å². The molecule has 0 unspecified atom stereocenters. The molecule has 17 rings (SSSR count). The van der Waals surface area contributed by atoms with Gasteiger partial charge in [0.2, 0.25) is 0 Å². The molecule has 4 saturated carbocycles. The van der Waals surface area contributed by atoms with Crippen LogP contribution in [0, 0.1) is 17.8 Å². The number of anilines is 6. The highest BCUT2D eigenvalue weighted by Gasteiger charge is 2.52. The molecular weight excluding hydrogens is 896 g/mol. The van der Waals surface area contributed by atoms with Crippen molar-refractivity contribution in [2.24, 2.45) is 17.8 Å². The molecule has 6 aliphatic rings. The van der Waals surface area contributed by atoms with Crippen molar-refractivity contribution >= 4 is 79.0 Å². The molecule has 2 aliphatic heterocycles. The molecule has 9 aromatic carbocycles. The zero-order chi connectivity index (χ0) is 48.5. The first-order valence-electron chi connectivity index (χ1n) is 26.9. The Morgan fingerprint density at radius 3 is 1.58 bits per heavy atom. The number of hydrogen-bond donors (Lipinski definition) is 0. The Morgan fingerprint density at radius 2 is 0.946 bits per heavy atom. The predicted octanol–water partition coefficient (Wildman–Crippen LogP) is 15.7. The van der Waals surface area contributed by atoms with Crippen LogP contribution in [0.15, 0.2) is 231 Å². The van der Waals surface area contributed by atoms with E-state index in [9.17, 15) is 0 Å². The van der Waals surface area contributed by atoms with E-state index in [0.29, 0.717) is 5.41 Å². The third-order valence-corrected chi connectivity index (χ3v) is 17.9. The molecule has 2 aromatic heterocycles. The minimum absolute atomic E-state index is 0.0741. The molecule has 0 saturated heterocycles. The van der Waals surface area contributed by atoms with E-state index in [1.165, 1.54) is 110 Å². The Kier molecular flexibility index (Phi) is 9.28. The highest BCUT2D eigenvalue weighted by atomic mass is 15.2. The summed E-state index contributed by atoms with van der Waals surface area (Å²) in [4.78, 5) is 10.1. The monoisotopic (exact) mass is 948 g/mol. The summed E-state index contributed by atoms with van der Waals surface area (Å²) in [6, 6.07) is 84.1. The van der Waals surface area contributed by atoms with E-state index in [-0.39, 0.29) is 6.71 Å². The number of benzene rings is 9. The first-order valence-corrected chi connectivity index (χ1v) is 26.9. The molecule has 74 heavy (non-hydrogen) atoms. The Bertz CT molecular complexity index is 3980. The van der Waals surface area contributed by atoms with Crippen LogP contribution in [-0.4, -0.2) is 16.3 Å². The molecule has 0 spiro atoms. The van der Waals surface area contributed by atoms with Crippen LogP contribution >= 0.6 is 0 Å². The van der Waals surface area contributed by atoms with Crippen LogP contribution in [0.3, 0.4) is 0 Å². The fourth-order valence-electron chi connectivity index (χ4n) is 15.3. The molecule has 4 aliphatic carbocycles. The van der Waals surface area contributed by atoms with Crippen LogP contribution < -0.4 is 26.2 Å². The zero-order valence-electron chi connectivity index (χ0n) is 41.3. The number of hydrogen-bond acceptors (Lipinski definition) is 3. The second-order valence-corrected chi connectivity index (χ2v) is 22.2. The number of aromatic nitrogens is 2. The van der Waals surface area contributed by atoms with Gasteiger partial charge in [-0.1, -0.05) is 140 Å². The van der Waals surface area contributed by atoms with Gasteiger partial charge in [0.1, 0.15) is 0 Å². The van der Waals surface area contributed by atoms with Gasteiger partial charge in [-0.2, -0.15) is 0 Å². The maximum absolute atomic E-state index is 5.01. The molecule has 4 nitrogen and oxygen atoms in total. The summed E-state index contributed by atoms with van der Waals surface area (Å²) in [5.41, 5.74) is 23.2. The third-order valence-electron chi connectivity index (χ3n) is 17.9. The summed E-state index contributed by atoms with van der Waals surface area (Å²) < 4.78 is 2.53. The normalized spacial score (nSPS) is 19.9. The summed E-state index contributed by atoms with van der Waals surface area (Å²) in [6.07, 6.45) is 10.4. The van der Waals surface area contributed by atoms with Crippen LogP contribution in [0.1, 0.15) is 44.1 Å². The standard InChI is InChI=1S/C69H53BN4/c1-4-15-48(16-5-1)50-26-29-64-59(36-50)70-60-37-51(49-17-6-2-7-18-49)27-30-65(60)74(67-39-52(61-24-12-13-32-71-61)38-66(68(67)70)72(64)54-19-8-3-9-20-54)56-22-14-21-55(41-56)73-62-25-11-10-23-57(62)58-40-53(28-31-63(58)73)69-42-45-33-46(43-69)35-47(34-45)44-69/h1-32,36-41,45-47H,33-35,42-44H2. The van der Waals surface area contributed by atoms with Crippen LogP contribution in [-0.2, 0) is 5.41 Å². The Morgan fingerprint density at radius 1 is 0.392 bits per heavy atom. The van der Waals surface area contributed by atoms with E-state index in [1.54, 1.807) is 5.56 Å². The second-order valence-electron chi connectivity index (χ2n) is 22.2. The lowest BCUT2D eigenvalue weighted by Crippen LogP contribution is -2.61. The average molecular weight is 949 g/mol. The Hall–Kier alpha value is -8.41. The van der Waals surface area contributed by atoms with Crippen molar-refractivity contribution < 1.29 is 0 Å². The quantitative estimate of drug-likeness (QED) is 0.149. The zero-order valence-corrected chi connectivity index (χ0v) is 41.3. The minimum Gasteiger partial charge on any atom is -0.311 e. The lowest BCUT2D eigenvalue weighted by Gasteiger charge is -2.57. The molecule has 4 bridgehead atoms. The fourth-order valence-corrected chi connectivity index (χ4v) is 15.3. The number of fused-ring (bicyclic) bond motifs is 7. The van der Waals surface area contributed by atoms with Crippen molar-refractivity contribution in [3.63, 3.8) is 0 Å². The average Bonchev–Trinajstić information content (AvgIpc) is 3.79. The van der Waals surface area contributed by atoms with Gasteiger partial charge in [-0.3, -0.25) is 4.98 Å². The van der Waals surface area contributed by atoms with Gasteiger partial charge in [0.25, 0.3) is 6.71 Å². The van der Waals surface area contributed by atoms with E-state index in [0.717, 1.165) is 57.4 Å². The van der Waals surface area contributed by atoms with Gasteiger partial charge in [0.05, 0.1) is 16.7 Å². The van der Waals surface area contributed by atoms with E-state index < -0.39 is 0 Å². The maximum atomic E-state index is 5.01. The first-order chi connectivity index (χ1) is 36.6. The first kappa shape index (κ1) is 42.1. The lowest BCUT2D eigenvalue weighted by molar-refractivity contribution is -0.00512. The molecule has 5 heteroatoms. The summed E-state index contributed by atoms with van der Waals surface area (Å²) >= 11 is 0. The van der Waals surface area contributed by atoms with E-state index >= 15 is 0 Å². The molecule has 352 valence electrons. The van der Waals surface area contributed by atoms with E-state index in [2.05, 4.69) is 233 Å². The van der Waals surface area contributed by atoms with Gasteiger partial charge in [0.15, 0.2) is 0 Å². The van der Waals surface area contributed by atoms with Gasteiger partial charge in [0, 0.05) is 62.3 Å². The van der Waals surface area contributed by atoms with Gasteiger partial charge in [-0.15, -0.1) is 0 Å². The van der Waals surface area contributed by atoms with E-state index in [4.69, 9.17) is 4.98 Å². The van der Waals surface area contributed by atoms with Crippen molar-refractivity contribution in [1.29, 1.82) is 0 Å². The van der Waals surface area contributed by atoms with Crippen LogP contribution in [0.5, 0.6) is 0 Å². The number of para-hydroxylation sites is 2. The molecule has 0 radical (unpaired) electrons. The summed E-state index contributed by atoms with van der Waals surface area (Å²) in [7, 11) is 0. The molecule has 4 fully saturated rings. The van der Waals surface area contributed by atoms with Crippen molar-refractivity contribution in [3.8, 4) is 39.2 Å². The SMILES string of the molecule is c1ccc(-c2ccc3c(c2)B2c4cc(-c5ccccc5)ccc4N(c4cccc(-n5c6ccccc6c6cc(C78CC9CC(CC(C9)C7)C8)ccc65)c4)c4cc(-c5ccccn5)cc(c42)N3c2ccccc2)cc1. The van der Waals surface area contributed by atoms with Gasteiger partial charge in [-0.25, -0.2) is 0 Å². The van der Waals surface area contributed by atoms with Crippen molar-refractivity contribution in [2.45, 2.75) is 43.9 Å². The third kappa shape index (κ3) is 6.45. The van der Waals surface area contributed by atoms with Crippen LogP contribution in [0.4, 0.5) is 34.1 Å². The maximum Gasteiger partial charge on any atom is 0.252 e. The summed E-state index contributed by atoms with van der Waals surface area (Å²) in [5, 5.41) is 2.69.